The summed E-state index contributed by atoms with van der Waals surface area (Å²) in [4.78, 5) is 60.2. The summed E-state index contributed by atoms with van der Waals surface area (Å²) in [6, 6.07) is 3.10. The van der Waals surface area contributed by atoms with E-state index >= 15 is 0 Å². The first kappa shape index (κ1) is 38.0. The highest BCUT2D eigenvalue weighted by molar-refractivity contribution is 7.99. The fourth-order valence-electron chi connectivity index (χ4n) is 7.49. The van der Waals surface area contributed by atoms with Crippen LogP contribution in [0.5, 0.6) is 11.5 Å². The number of rotatable bonds is 14. The summed E-state index contributed by atoms with van der Waals surface area (Å²) in [5, 5.41) is 17.1. The van der Waals surface area contributed by atoms with Crippen LogP contribution in [-0.4, -0.2) is 94.9 Å². The van der Waals surface area contributed by atoms with E-state index in [1.165, 1.54) is 36.3 Å². The summed E-state index contributed by atoms with van der Waals surface area (Å²) in [6.07, 6.45) is 3.02. The van der Waals surface area contributed by atoms with Crippen LogP contribution in [0.3, 0.4) is 0 Å². The Morgan fingerprint density at radius 2 is 1.88 bits per heavy atom. The van der Waals surface area contributed by atoms with Gasteiger partial charge in [-0.1, -0.05) is 45.4 Å². The second-order valence-electron chi connectivity index (χ2n) is 15.2. The van der Waals surface area contributed by atoms with E-state index in [1.54, 1.807) is 18.2 Å². The quantitative estimate of drug-likeness (QED) is 0.128. The number of carboxylic acid groups (broad SMARTS) is 1. The largest absolute Gasteiger partial charge is 0.488 e. The van der Waals surface area contributed by atoms with Crippen LogP contribution in [0.25, 0.3) is 10.9 Å². The lowest BCUT2D eigenvalue weighted by Gasteiger charge is -2.35. The van der Waals surface area contributed by atoms with Crippen molar-refractivity contribution in [2.45, 2.75) is 94.7 Å². The lowest BCUT2D eigenvalue weighted by molar-refractivity contribution is -0.146. The van der Waals surface area contributed by atoms with Crippen LogP contribution in [0.15, 0.2) is 35.9 Å². The average molecular weight is 759 g/mol. The molecule has 8 atom stereocenters. The molecule has 4 aliphatic rings. The summed E-state index contributed by atoms with van der Waals surface area (Å²) in [5.41, 5.74) is -1.83. The maximum Gasteiger partial charge on any atom is 0.408 e. The Labute approximate surface area is 312 Å². The molecule has 52 heavy (non-hydrogen) atoms. The van der Waals surface area contributed by atoms with Gasteiger partial charge in [-0.3, -0.25) is 9.59 Å². The summed E-state index contributed by atoms with van der Waals surface area (Å²) < 4.78 is 23.0. The number of hydrogen-bond acceptors (Lipinski definition) is 10. The third-order valence-corrected chi connectivity index (χ3v) is 11.6. The minimum absolute atomic E-state index is 0.00621. The Kier molecular flexibility index (Phi) is 10.9. The fourth-order valence-corrected chi connectivity index (χ4v) is 8.39. The topological polar surface area (TPSA) is 166 Å². The van der Waals surface area contributed by atoms with Gasteiger partial charge in [-0.2, -0.15) is 0 Å². The number of amides is 3. The molecule has 3 N–H and O–H groups in total. The van der Waals surface area contributed by atoms with Crippen LogP contribution in [0, 0.1) is 23.2 Å². The maximum absolute atomic E-state index is 14.5. The highest BCUT2D eigenvalue weighted by atomic mass is 35.5. The van der Waals surface area contributed by atoms with Crippen molar-refractivity contribution in [3.8, 4) is 11.5 Å². The van der Waals surface area contributed by atoms with Crippen molar-refractivity contribution in [2.75, 3.05) is 26.2 Å². The van der Waals surface area contributed by atoms with Gasteiger partial charge in [-0.05, 0) is 60.8 Å². The molecule has 3 saturated carbocycles. The molecule has 282 valence electrons. The van der Waals surface area contributed by atoms with E-state index in [2.05, 4.69) is 17.2 Å². The lowest BCUT2D eigenvalue weighted by Crippen LogP contribution is -2.59. The number of alkyl carbamates (subject to hydrolysis) is 1. The molecule has 13 nitrogen and oxygen atoms in total. The minimum Gasteiger partial charge on any atom is -0.488 e. The third kappa shape index (κ3) is 7.79. The Morgan fingerprint density at radius 3 is 2.50 bits per heavy atom. The zero-order chi connectivity index (χ0) is 37.5. The molecule has 4 fully saturated rings. The van der Waals surface area contributed by atoms with Crippen molar-refractivity contribution >= 4 is 58.1 Å². The Balaban J connectivity index is 1.29. The molecule has 1 saturated heterocycles. The summed E-state index contributed by atoms with van der Waals surface area (Å²) >= 11 is 8.24. The number of nitrogens with one attached hydrogen (secondary N) is 2. The normalized spacial score (nSPS) is 28.1. The van der Waals surface area contributed by atoms with Crippen molar-refractivity contribution < 1.29 is 43.2 Å². The van der Waals surface area contributed by atoms with E-state index in [0.29, 0.717) is 39.3 Å². The van der Waals surface area contributed by atoms with E-state index in [0.717, 1.165) is 18.6 Å². The maximum atomic E-state index is 14.5. The van der Waals surface area contributed by atoms with Crippen LogP contribution < -0.4 is 20.1 Å². The van der Waals surface area contributed by atoms with Gasteiger partial charge in [0.15, 0.2) is 6.79 Å². The Morgan fingerprint density at radius 1 is 1.15 bits per heavy atom. The molecule has 1 aliphatic heterocycles. The number of halogens is 1. The Hall–Kier alpha value is -3.75. The SMILES string of the molecule is C=C[C@@H]1C[C@]1(NC(=O)[C@@H]1C[C@@H](Oc2cc(SCC)nc3c(Cl)c(OCOC)ccc23)CN1C(=O)[C@@H](NC(=O)O[C@@H]1C[C@@H]2C[C@@H]2C1)C(C)(C)C)C(=O)O. The van der Waals surface area contributed by atoms with Crippen LogP contribution in [-0.2, 0) is 23.9 Å². The number of benzene rings is 1. The standard InChI is InChI=1S/C37H47ClN4O9S/c1-7-21-16-37(21,34(45)46)41-32(43)25-14-23(50-27-15-28(52-8-2)39-30-24(27)9-10-26(29(30)38)49-18-48-6)17-42(25)33(44)31(36(3,4)5)40-35(47)51-22-12-19-11-20(19)13-22/h7,9-10,15,19-23,25,31H,1,8,11-14,16-18H2,2-6H3,(H,40,47)(H,41,43)(H,45,46)/t19-,20+,21-,22+,23-,25+,31-,37-/m1/s1. The van der Waals surface area contributed by atoms with Gasteiger partial charge < -0.3 is 39.6 Å². The van der Waals surface area contributed by atoms with Gasteiger partial charge in [-0.25, -0.2) is 14.6 Å². The predicted octanol–water partition coefficient (Wildman–Crippen LogP) is 5.42. The average Bonchev–Trinajstić information content (AvgIpc) is 3.90. The molecule has 2 aromatic rings. The molecule has 3 amide bonds. The van der Waals surface area contributed by atoms with Gasteiger partial charge in [0.1, 0.15) is 51.4 Å². The molecule has 1 aromatic carbocycles. The van der Waals surface area contributed by atoms with Crippen molar-refractivity contribution in [1.29, 1.82) is 0 Å². The molecular weight excluding hydrogens is 712 g/mol. The minimum atomic E-state index is -1.51. The number of aliphatic carboxylic acids is 1. The molecule has 3 aliphatic carbocycles. The first-order chi connectivity index (χ1) is 24.7. The number of fused-ring (bicyclic) bond motifs is 2. The molecule has 0 radical (unpaired) electrons. The lowest BCUT2D eigenvalue weighted by atomic mass is 9.85. The molecule has 0 unspecified atom stereocenters. The summed E-state index contributed by atoms with van der Waals surface area (Å²) in [6.45, 7) is 11.2. The summed E-state index contributed by atoms with van der Waals surface area (Å²) in [5.74, 6) is 0.0131. The first-order valence-electron chi connectivity index (χ1n) is 17.7. The first-order valence-corrected chi connectivity index (χ1v) is 19.0. The molecule has 6 rings (SSSR count). The molecule has 1 aromatic heterocycles. The number of pyridine rings is 1. The second-order valence-corrected chi connectivity index (χ2v) is 16.9. The van der Waals surface area contributed by atoms with E-state index < -0.39 is 58.9 Å². The predicted molar refractivity (Wildman–Crippen MR) is 194 cm³/mol. The van der Waals surface area contributed by atoms with Gasteiger partial charge in [0.2, 0.25) is 11.8 Å². The van der Waals surface area contributed by atoms with Crippen molar-refractivity contribution in [3.63, 3.8) is 0 Å². The number of ether oxygens (including phenoxy) is 4. The highest BCUT2D eigenvalue weighted by Crippen LogP contribution is 2.52. The zero-order valence-electron chi connectivity index (χ0n) is 30.1. The second kappa shape index (κ2) is 14.9. The van der Waals surface area contributed by atoms with Crippen molar-refractivity contribution in [3.05, 3.63) is 35.9 Å². The number of thioether (sulfide) groups is 1. The van der Waals surface area contributed by atoms with E-state index in [9.17, 15) is 24.3 Å². The molecule has 2 heterocycles. The molecular formula is C37H47ClN4O9S. The third-order valence-electron chi connectivity index (χ3n) is 10.5. The Bertz CT molecular complexity index is 1740. The van der Waals surface area contributed by atoms with E-state index in [-0.39, 0.29) is 37.3 Å². The zero-order valence-corrected chi connectivity index (χ0v) is 31.7. The smallest absolute Gasteiger partial charge is 0.408 e. The summed E-state index contributed by atoms with van der Waals surface area (Å²) in [7, 11) is 1.51. The van der Waals surface area contributed by atoms with Crippen LogP contribution >= 0.6 is 23.4 Å². The van der Waals surface area contributed by atoms with Gasteiger partial charge in [0, 0.05) is 30.9 Å². The number of hydrogen-bond donors (Lipinski definition) is 3. The number of methoxy groups -OCH3 is 1. The number of nitrogens with zero attached hydrogens (tertiary/aromatic N) is 2. The van der Waals surface area contributed by atoms with Crippen LogP contribution in [0.1, 0.15) is 59.8 Å². The van der Waals surface area contributed by atoms with Crippen LogP contribution in [0.2, 0.25) is 5.02 Å². The van der Waals surface area contributed by atoms with Gasteiger partial charge in [0.25, 0.3) is 0 Å². The van der Waals surface area contributed by atoms with E-state index in [1.807, 2.05) is 27.7 Å². The monoisotopic (exact) mass is 758 g/mol. The molecule has 0 bridgehead atoms. The fraction of sp³-hybridized carbons (Fsp3) is 0.595. The molecule has 0 spiro atoms. The van der Waals surface area contributed by atoms with E-state index in [4.69, 9.17) is 35.5 Å². The van der Waals surface area contributed by atoms with Gasteiger partial charge >= 0.3 is 12.1 Å². The van der Waals surface area contributed by atoms with Crippen molar-refractivity contribution in [2.24, 2.45) is 23.2 Å². The molecule has 15 heteroatoms. The highest BCUT2D eigenvalue weighted by Gasteiger charge is 2.61. The van der Waals surface area contributed by atoms with Gasteiger partial charge in [-0.15, -0.1) is 18.3 Å². The number of carbonyl (C=O) groups is 4. The number of carboxylic acids is 1. The van der Waals surface area contributed by atoms with Crippen LogP contribution in [0.4, 0.5) is 4.79 Å². The van der Waals surface area contributed by atoms with Gasteiger partial charge in [0.05, 0.1) is 12.1 Å². The van der Waals surface area contributed by atoms with Crippen molar-refractivity contribution in [1.82, 2.24) is 20.5 Å². The number of aromatic nitrogens is 1. The number of likely N-dealkylation sites (tertiary alicyclic amines) is 1. The number of carbonyl (C=O) groups excluding carboxylic acids is 3.